The summed E-state index contributed by atoms with van der Waals surface area (Å²) in [4.78, 5) is 17.3. The second-order valence-electron chi connectivity index (χ2n) is 7.48. The number of hydrogen-bond donors (Lipinski definition) is 1. The maximum Gasteiger partial charge on any atom is 0.287 e. The number of furan rings is 1. The van der Waals surface area contributed by atoms with Crippen LogP contribution in [0, 0.1) is 0 Å². The maximum absolute atomic E-state index is 12.4. The molecule has 2 heterocycles. The fraction of sp³-hybridized carbons (Fsp3) is 0.348. The van der Waals surface area contributed by atoms with Crippen LogP contribution in [0.1, 0.15) is 28.6 Å². The molecule has 1 saturated heterocycles. The minimum Gasteiger partial charge on any atom is -0.451 e. The number of nitrogens with zero attached hydrogens (tertiary/aromatic N) is 2. The van der Waals surface area contributed by atoms with Gasteiger partial charge in [-0.05, 0) is 31.2 Å². The van der Waals surface area contributed by atoms with Gasteiger partial charge < -0.3 is 14.6 Å². The van der Waals surface area contributed by atoms with Crippen LogP contribution in [0.2, 0.25) is 0 Å². The average molecular weight is 377 g/mol. The quantitative estimate of drug-likeness (QED) is 0.668. The number of piperazine rings is 1. The molecule has 2 aromatic carbocycles. The molecule has 1 N–H and O–H groups in total. The van der Waals surface area contributed by atoms with Crippen LogP contribution < -0.4 is 5.32 Å². The third-order valence-electron chi connectivity index (χ3n) is 5.44. The molecule has 5 heteroatoms. The normalized spacial score (nSPS) is 18.4. The molecule has 28 heavy (non-hydrogen) atoms. The Labute approximate surface area is 165 Å². The number of nitrogens with one attached hydrogen (secondary N) is 1. The van der Waals surface area contributed by atoms with Gasteiger partial charge in [0.2, 0.25) is 0 Å². The third kappa shape index (κ3) is 4.26. The summed E-state index contributed by atoms with van der Waals surface area (Å²) in [6.07, 6.45) is 0.916. The molecule has 146 valence electrons. The number of amides is 1. The predicted molar refractivity (Wildman–Crippen MR) is 111 cm³/mol. The number of benzene rings is 2. The van der Waals surface area contributed by atoms with Crippen LogP contribution in [0.25, 0.3) is 11.0 Å². The Balaban J connectivity index is 1.30. The van der Waals surface area contributed by atoms with E-state index in [1.54, 1.807) is 6.07 Å². The molecule has 1 fully saturated rings. The smallest absolute Gasteiger partial charge is 0.287 e. The Bertz CT molecular complexity index is 889. The largest absolute Gasteiger partial charge is 0.451 e. The summed E-state index contributed by atoms with van der Waals surface area (Å²) in [6, 6.07) is 20.6. The van der Waals surface area contributed by atoms with Gasteiger partial charge in [-0.15, -0.1) is 0 Å². The highest BCUT2D eigenvalue weighted by molar-refractivity contribution is 5.96. The van der Waals surface area contributed by atoms with Crippen molar-refractivity contribution in [2.75, 3.05) is 39.8 Å². The van der Waals surface area contributed by atoms with E-state index in [0.29, 0.717) is 18.3 Å². The van der Waals surface area contributed by atoms with Crippen molar-refractivity contribution in [2.24, 2.45) is 0 Å². The van der Waals surface area contributed by atoms with E-state index in [1.165, 1.54) is 5.56 Å². The van der Waals surface area contributed by atoms with Gasteiger partial charge >= 0.3 is 0 Å². The van der Waals surface area contributed by atoms with Gasteiger partial charge in [0.15, 0.2) is 5.76 Å². The fourth-order valence-corrected chi connectivity index (χ4v) is 3.88. The Hall–Kier alpha value is -2.63. The van der Waals surface area contributed by atoms with E-state index in [2.05, 4.69) is 52.5 Å². The van der Waals surface area contributed by atoms with Crippen molar-refractivity contribution in [3.8, 4) is 0 Å². The van der Waals surface area contributed by atoms with Crippen LogP contribution in [-0.2, 0) is 0 Å². The SMILES string of the molecule is CN1CCN(CCCNC(=O)c2cc3ccccc3o2)C(c2ccccc2)C1. The van der Waals surface area contributed by atoms with Gasteiger partial charge in [0.25, 0.3) is 5.91 Å². The number of carbonyl (C=O) groups excluding carboxylic acids is 1. The van der Waals surface area contributed by atoms with Crippen LogP contribution in [0.15, 0.2) is 65.1 Å². The number of hydrogen-bond acceptors (Lipinski definition) is 4. The van der Waals surface area contributed by atoms with E-state index in [-0.39, 0.29) is 5.91 Å². The van der Waals surface area contributed by atoms with E-state index in [9.17, 15) is 4.79 Å². The monoisotopic (exact) mass is 377 g/mol. The summed E-state index contributed by atoms with van der Waals surface area (Å²) in [6.45, 7) is 4.77. The molecule has 1 amide bonds. The van der Waals surface area contributed by atoms with Gasteiger partial charge in [-0.25, -0.2) is 0 Å². The number of rotatable bonds is 6. The minimum atomic E-state index is -0.144. The summed E-state index contributed by atoms with van der Waals surface area (Å²) in [5, 5.41) is 3.95. The highest BCUT2D eigenvalue weighted by Crippen LogP contribution is 2.24. The first kappa shape index (κ1) is 18.7. The lowest BCUT2D eigenvalue weighted by molar-refractivity contribution is 0.0858. The summed E-state index contributed by atoms with van der Waals surface area (Å²) in [5.41, 5.74) is 2.11. The molecule has 0 aliphatic carbocycles. The topological polar surface area (TPSA) is 48.7 Å². The van der Waals surface area contributed by atoms with E-state index in [1.807, 2.05) is 24.3 Å². The van der Waals surface area contributed by atoms with Gasteiger partial charge in [0.05, 0.1) is 0 Å². The first-order valence-electron chi connectivity index (χ1n) is 9.95. The summed E-state index contributed by atoms with van der Waals surface area (Å²) < 4.78 is 5.64. The van der Waals surface area contributed by atoms with E-state index >= 15 is 0 Å². The predicted octanol–water partition coefficient (Wildman–Crippen LogP) is 3.54. The molecule has 1 atom stereocenters. The Kier molecular flexibility index (Phi) is 5.74. The molecular formula is C23H27N3O2. The van der Waals surface area contributed by atoms with Crippen molar-refractivity contribution in [1.82, 2.24) is 15.1 Å². The summed E-state index contributed by atoms with van der Waals surface area (Å²) >= 11 is 0. The molecule has 1 aliphatic rings. The molecule has 0 saturated carbocycles. The van der Waals surface area contributed by atoms with Gasteiger partial charge in [-0.1, -0.05) is 48.5 Å². The van der Waals surface area contributed by atoms with Crippen molar-refractivity contribution >= 4 is 16.9 Å². The average Bonchev–Trinajstić information content (AvgIpc) is 3.17. The molecule has 0 radical (unpaired) electrons. The minimum absolute atomic E-state index is 0.144. The number of fused-ring (bicyclic) bond motifs is 1. The highest BCUT2D eigenvalue weighted by atomic mass is 16.3. The molecule has 5 nitrogen and oxygen atoms in total. The van der Waals surface area contributed by atoms with Crippen molar-refractivity contribution in [3.63, 3.8) is 0 Å². The van der Waals surface area contributed by atoms with E-state index in [4.69, 9.17) is 4.42 Å². The Morgan fingerprint density at radius 3 is 2.71 bits per heavy atom. The van der Waals surface area contributed by atoms with Crippen LogP contribution in [0.5, 0.6) is 0 Å². The standard InChI is InChI=1S/C23H27N3O2/c1-25-14-15-26(20(17-25)18-8-3-2-4-9-18)13-7-12-24-23(27)22-16-19-10-5-6-11-21(19)28-22/h2-6,8-11,16,20H,7,12-15,17H2,1H3,(H,24,27). The Morgan fingerprint density at radius 2 is 1.89 bits per heavy atom. The molecule has 0 bridgehead atoms. The zero-order chi connectivity index (χ0) is 19.3. The lowest BCUT2D eigenvalue weighted by Crippen LogP contribution is -2.47. The van der Waals surface area contributed by atoms with Gasteiger partial charge in [-0.3, -0.25) is 9.69 Å². The lowest BCUT2D eigenvalue weighted by atomic mass is 10.0. The molecule has 1 aliphatic heterocycles. The number of carbonyl (C=O) groups is 1. The first-order valence-corrected chi connectivity index (χ1v) is 9.95. The number of para-hydroxylation sites is 1. The van der Waals surface area contributed by atoms with E-state index < -0.39 is 0 Å². The van der Waals surface area contributed by atoms with Crippen LogP contribution in [0.3, 0.4) is 0 Å². The maximum atomic E-state index is 12.4. The van der Waals surface area contributed by atoms with Crippen LogP contribution in [0.4, 0.5) is 0 Å². The first-order chi connectivity index (χ1) is 13.7. The van der Waals surface area contributed by atoms with Gasteiger partial charge in [0.1, 0.15) is 5.58 Å². The highest BCUT2D eigenvalue weighted by Gasteiger charge is 2.26. The zero-order valence-corrected chi connectivity index (χ0v) is 16.3. The number of likely N-dealkylation sites (N-methyl/N-ethyl adjacent to an activating group) is 1. The van der Waals surface area contributed by atoms with E-state index in [0.717, 1.165) is 43.6 Å². The molecule has 4 rings (SSSR count). The second kappa shape index (κ2) is 8.59. The van der Waals surface area contributed by atoms with Crippen molar-refractivity contribution in [2.45, 2.75) is 12.5 Å². The zero-order valence-electron chi connectivity index (χ0n) is 16.3. The Morgan fingerprint density at radius 1 is 1.11 bits per heavy atom. The fourth-order valence-electron chi connectivity index (χ4n) is 3.88. The van der Waals surface area contributed by atoms with Gasteiger partial charge in [0, 0.05) is 44.2 Å². The molecular weight excluding hydrogens is 350 g/mol. The van der Waals surface area contributed by atoms with Gasteiger partial charge in [-0.2, -0.15) is 0 Å². The lowest BCUT2D eigenvalue weighted by Gasteiger charge is -2.40. The molecule has 3 aromatic rings. The summed E-state index contributed by atoms with van der Waals surface area (Å²) in [7, 11) is 2.18. The second-order valence-corrected chi connectivity index (χ2v) is 7.48. The van der Waals surface area contributed by atoms with Crippen LogP contribution >= 0.6 is 0 Å². The van der Waals surface area contributed by atoms with Crippen molar-refractivity contribution in [3.05, 3.63) is 72.0 Å². The molecule has 1 unspecified atom stereocenters. The van der Waals surface area contributed by atoms with Crippen LogP contribution in [-0.4, -0.2) is 55.5 Å². The molecule has 0 spiro atoms. The van der Waals surface area contributed by atoms with Crippen molar-refractivity contribution in [1.29, 1.82) is 0 Å². The third-order valence-corrected chi connectivity index (χ3v) is 5.44. The van der Waals surface area contributed by atoms with Crippen molar-refractivity contribution < 1.29 is 9.21 Å². The summed E-state index contributed by atoms with van der Waals surface area (Å²) in [5.74, 6) is 0.233. The molecule has 1 aromatic heterocycles.